The topological polar surface area (TPSA) is 80.3 Å². The smallest absolute Gasteiger partial charge is 0.244 e. The van der Waals surface area contributed by atoms with E-state index < -0.39 is 0 Å². The molecule has 1 aliphatic heterocycles. The number of hydrogen-bond acceptors (Lipinski definition) is 6. The number of nitrogens with zero attached hydrogens (tertiary/aromatic N) is 6. The molecule has 1 aromatic carbocycles. The van der Waals surface area contributed by atoms with Crippen molar-refractivity contribution in [2.45, 2.75) is 20.0 Å². The van der Waals surface area contributed by atoms with Crippen molar-refractivity contribution in [1.29, 1.82) is 0 Å². The fourth-order valence-corrected chi connectivity index (χ4v) is 3.12. The highest BCUT2D eigenvalue weighted by Crippen LogP contribution is 2.17. The molecule has 4 rings (SSSR count). The molecule has 0 spiro atoms. The molecule has 3 heterocycles. The van der Waals surface area contributed by atoms with E-state index in [-0.39, 0.29) is 12.5 Å². The lowest BCUT2D eigenvalue weighted by atomic mass is 10.1. The van der Waals surface area contributed by atoms with Crippen LogP contribution in [0.15, 0.2) is 47.2 Å². The first-order valence-electron chi connectivity index (χ1n) is 9.04. The number of carbonyl (C=O) groups is 1. The van der Waals surface area contributed by atoms with Crippen molar-refractivity contribution in [2.24, 2.45) is 0 Å². The molecular formula is C19H22N6O2. The summed E-state index contributed by atoms with van der Waals surface area (Å²) in [5.41, 5.74) is 2.15. The van der Waals surface area contributed by atoms with Gasteiger partial charge in [0, 0.05) is 44.1 Å². The Hall–Kier alpha value is -3.00. The predicted octanol–water partition coefficient (Wildman–Crippen LogP) is 1.59. The Bertz CT molecular complexity index is 879. The Morgan fingerprint density at radius 2 is 1.93 bits per heavy atom. The molecule has 1 aliphatic rings. The van der Waals surface area contributed by atoms with Crippen LogP contribution in [0.1, 0.15) is 11.5 Å². The van der Waals surface area contributed by atoms with E-state index in [4.69, 9.17) is 4.52 Å². The van der Waals surface area contributed by atoms with Gasteiger partial charge in [0.15, 0.2) is 0 Å². The molecule has 0 bridgehead atoms. The summed E-state index contributed by atoms with van der Waals surface area (Å²) in [6, 6.07) is 9.87. The number of benzene rings is 1. The normalized spacial score (nSPS) is 15.2. The first kappa shape index (κ1) is 17.4. The summed E-state index contributed by atoms with van der Waals surface area (Å²) in [5, 5.41) is 8.16. The van der Waals surface area contributed by atoms with Crippen molar-refractivity contribution >= 4 is 5.91 Å². The van der Waals surface area contributed by atoms with E-state index in [0.717, 1.165) is 18.7 Å². The van der Waals surface area contributed by atoms with E-state index >= 15 is 0 Å². The van der Waals surface area contributed by atoms with Crippen molar-refractivity contribution < 1.29 is 9.32 Å². The van der Waals surface area contributed by atoms with E-state index in [1.165, 1.54) is 5.56 Å². The van der Waals surface area contributed by atoms with Gasteiger partial charge >= 0.3 is 0 Å². The van der Waals surface area contributed by atoms with Crippen LogP contribution in [0.5, 0.6) is 0 Å². The molecule has 0 aliphatic carbocycles. The maximum absolute atomic E-state index is 12.3. The van der Waals surface area contributed by atoms with Gasteiger partial charge in [0.05, 0.1) is 6.54 Å². The van der Waals surface area contributed by atoms with Gasteiger partial charge in [-0.15, -0.1) is 0 Å². The summed E-state index contributed by atoms with van der Waals surface area (Å²) in [6.07, 6.45) is 3.48. The third-order valence-corrected chi connectivity index (χ3v) is 4.72. The number of hydrogen-bond donors (Lipinski definition) is 0. The van der Waals surface area contributed by atoms with Crippen LogP contribution in [0.4, 0.5) is 0 Å². The first-order valence-corrected chi connectivity index (χ1v) is 9.04. The van der Waals surface area contributed by atoms with Gasteiger partial charge in [-0.25, -0.2) is 0 Å². The lowest BCUT2D eigenvalue weighted by Gasteiger charge is -2.33. The van der Waals surface area contributed by atoms with Gasteiger partial charge in [-0.3, -0.25) is 14.4 Å². The summed E-state index contributed by atoms with van der Waals surface area (Å²) >= 11 is 0. The third-order valence-electron chi connectivity index (χ3n) is 4.72. The Morgan fingerprint density at radius 1 is 1.15 bits per heavy atom. The quantitative estimate of drug-likeness (QED) is 0.682. The molecule has 3 aromatic rings. The minimum absolute atomic E-state index is 0.0952. The minimum atomic E-state index is 0.0952. The van der Waals surface area contributed by atoms with Crippen molar-refractivity contribution in [3.05, 3.63) is 54.2 Å². The monoisotopic (exact) mass is 366 g/mol. The first-order chi connectivity index (χ1) is 13.2. The largest absolute Gasteiger partial charge is 0.339 e. The van der Waals surface area contributed by atoms with Crippen LogP contribution in [-0.4, -0.2) is 61.8 Å². The Kier molecular flexibility index (Phi) is 4.97. The van der Waals surface area contributed by atoms with Gasteiger partial charge in [-0.05, 0) is 13.0 Å². The molecule has 0 unspecified atom stereocenters. The zero-order valence-electron chi connectivity index (χ0n) is 15.3. The number of aryl methyl sites for hydroxylation is 1. The van der Waals surface area contributed by atoms with E-state index in [1.54, 1.807) is 17.1 Å². The molecule has 1 saturated heterocycles. The van der Waals surface area contributed by atoms with Crippen LogP contribution in [0.3, 0.4) is 0 Å². The highest BCUT2D eigenvalue weighted by molar-refractivity contribution is 5.76. The fraction of sp³-hybridized carbons (Fsp3) is 0.368. The second-order valence-electron chi connectivity index (χ2n) is 6.74. The molecule has 1 amide bonds. The van der Waals surface area contributed by atoms with Gasteiger partial charge in [-0.2, -0.15) is 10.1 Å². The Morgan fingerprint density at radius 3 is 2.63 bits per heavy atom. The highest BCUT2D eigenvalue weighted by atomic mass is 16.5. The number of carbonyl (C=O) groups excluding carboxylic acids is 1. The van der Waals surface area contributed by atoms with Crippen LogP contribution >= 0.6 is 0 Å². The summed E-state index contributed by atoms with van der Waals surface area (Å²) in [6.45, 7) is 5.89. The van der Waals surface area contributed by atoms with Crippen molar-refractivity contribution in [3.8, 4) is 11.4 Å². The molecule has 0 N–H and O–H groups in total. The molecule has 0 atom stereocenters. The van der Waals surface area contributed by atoms with Gasteiger partial charge in [0.25, 0.3) is 0 Å². The van der Waals surface area contributed by atoms with Crippen LogP contribution in [0.2, 0.25) is 0 Å². The minimum Gasteiger partial charge on any atom is -0.339 e. The van der Waals surface area contributed by atoms with Crippen molar-refractivity contribution in [1.82, 2.24) is 29.7 Å². The molecule has 8 nitrogen and oxygen atoms in total. The van der Waals surface area contributed by atoms with Crippen LogP contribution < -0.4 is 0 Å². The van der Waals surface area contributed by atoms with Gasteiger partial charge in [0.1, 0.15) is 6.54 Å². The summed E-state index contributed by atoms with van der Waals surface area (Å²) in [5.74, 6) is 1.30. The van der Waals surface area contributed by atoms with Crippen molar-refractivity contribution in [2.75, 3.05) is 26.2 Å². The second kappa shape index (κ2) is 7.71. The zero-order valence-corrected chi connectivity index (χ0v) is 15.3. The second-order valence-corrected chi connectivity index (χ2v) is 6.74. The molecule has 0 saturated carbocycles. The lowest BCUT2D eigenvalue weighted by molar-refractivity contribution is -0.133. The molecule has 1 fully saturated rings. The van der Waals surface area contributed by atoms with E-state index in [9.17, 15) is 4.79 Å². The summed E-state index contributed by atoms with van der Waals surface area (Å²) < 4.78 is 7.05. The van der Waals surface area contributed by atoms with Gasteiger partial charge in [0.2, 0.25) is 17.6 Å². The number of rotatable bonds is 5. The SMILES string of the molecule is Cc1ccc(-c2noc(CN3CCN(C(=O)Cn4cccn4)CC3)n2)cc1. The van der Waals surface area contributed by atoms with E-state index in [2.05, 4.69) is 20.1 Å². The standard InChI is InChI=1S/C19H22N6O2/c1-15-3-5-16(6-4-15)19-21-17(27-22-19)13-23-9-11-24(12-10-23)18(26)14-25-8-2-7-20-25/h2-8H,9-14H2,1H3. The lowest BCUT2D eigenvalue weighted by Crippen LogP contribution is -2.49. The third kappa shape index (κ3) is 4.22. The van der Waals surface area contributed by atoms with Crippen molar-refractivity contribution in [3.63, 3.8) is 0 Å². The predicted molar refractivity (Wildman–Crippen MR) is 98.6 cm³/mol. The number of aromatic nitrogens is 4. The maximum atomic E-state index is 12.3. The zero-order chi connectivity index (χ0) is 18.6. The maximum Gasteiger partial charge on any atom is 0.244 e. The molecule has 0 radical (unpaired) electrons. The van der Waals surface area contributed by atoms with Gasteiger partial charge < -0.3 is 9.42 Å². The number of piperazine rings is 1. The molecule has 140 valence electrons. The van der Waals surface area contributed by atoms with Crippen LogP contribution in [0.25, 0.3) is 11.4 Å². The summed E-state index contributed by atoms with van der Waals surface area (Å²) in [4.78, 5) is 20.9. The molecule has 2 aromatic heterocycles. The van der Waals surface area contributed by atoms with Crippen LogP contribution in [-0.2, 0) is 17.9 Å². The van der Waals surface area contributed by atoms with Crippen LogP contribution in [0, 0.1) is 6.92 Å². The Balaban J connectivity index is 1.29. The molecular weight excluding hydrogens is 344 g/mol. The average Bonchev–Trinajstić information content (AvgIpc) is 3.35. The molecule has 8 heteroatoms. The molecule has 27 heavy (non-hydrogen) atoms. The average molecular weight is 366 g/mol. The van der Waals surface area contributed by atoms with Gasteiger partial charge in [-0.1, -0.05) is 35.0 Å². The fourth-order valence-electron chi connectivity index (χ4n) is 3.12. The van der Waals surface area contributed by atoms with E-state index in [1.807, 2.05) is 42.2 Å². The summed E-state index contributed by atoms with van der Waals surface area (Å²) in [7, 11) is 0. The number of amides is 1. The Labute approximate surface area is 157 Å². The highest BCUT2D eigenvalue weighted by Gasteiger charge is 2.22. The van der Waals surface area contributed by atoms with E-state index in [0.29, 0.717) is 31.3 Å².